The van der Waals surface area contributed by atoms with Crippen molar-refractivity contribution in [3.63, 3.8) is 0 Å². The Morgan fingerprint density at radius 1 is 0.500 bits per heavy atom. The Kier molecular flexibility index (Phi) is 18.9. The van der Waals surface area contributed by atoms with Crippen molar-refractivity contribution in [2.45, 2.75) is 117 Å². The minimum absolute atomic E-state index is 0.0382. The molecule has 0 heterocycles. The number of unbranched alkanes of at least 4 members (excludes halogenated alkanes) is 10. The van der Waals surface area contributed by atoms with Gasteiger partial charge in [0.25, 0.3) is 0 Å². The molecule has 0 saturated carbocycles. The lowest BCUT2D eigenvalue weighted by atomic mass is 10.1. The molecule has 0 atom stereocenters. The predicted octanol–water partition coefficient (Wildman–Crippen LogP) is 6.87. The van der Waals surface area contributed by atoms with Gasteiger partial charge >= 0.3 is 0 Å². The van der Waals surface area contributed by atoms with E-state index in [1.54, 1.807) is 0 Å². The summed E-state index contributed by atoms with van der Waals surface area (Å²) in [6.45, 7) is 8.47. The molecule has 0 rings (SSSR count). The van der Waals surface area contributed by atoms with E-state index in [4.69, 9.17) is 9.47 Å². The Morgan fingerprint density at radius 2 is 0.909 bits per heavy atom. The monoisotopic (exact) mass is 314 g/mol. The lowest BCUT2D eigenvalue weighted by molar-refractivity contribution is -0.147. The van der Waals surface area contributed by atoms with Crippen LogP contribution < -0.4 is 0 Å². The molecule has 22 heavy (non-hydrogen) atoms. The predicted molar refractivity (Wildman–Crippen MR) is 97.4 cm³/mol. The molecule has 0 amide bonds. The minimum Gasteiger partial charge on any atom is -0.353 e. The van der Waals surface area contributed by atoms with Crippen molar-refractivity contribution >= 4 is 0 Å². The maximum atomic E-state index is 5.91. The summed E-state index contributed by atoms with van der Waals surface area (Å²) >= 11 is 0. The fourth-order valence-corrected chi connectivity index (χ4v) is 2.64. The Labute approximate surface area is 140 Å². The lowest BCUT2D eigenvalue weighted by Gasteiger charge is -2.18. The quantitative estimate of drug-likeness (QED) is 0.203. The Hall–Kier alpha value is -0.0800. The van der Waals surface area contributed by atoms with Gasteiger partial charge in [-0.3, -0.25) is 0 Å². The molecular weight excluding hydrogens is 272 g/mol. The first-order valence-corrected chi connectivity index (χ1v) is 10.1. The van der Waals surface area contributed by atoms with Crippen LogP contribution in [0.1, 0.15) is 111 Å². The SMILES string of the molecule is CCCCCCCCOC(CCC)OCCCCCCCC. The summed E-state index contributed by atoms with van der Waals surface area (Å²) in [6.07, 6.45) is 18.0. The van der Waals surface area contributed by atoms with Crippen molar-refractivity contribution in [3.8, 4) is 0 Å². The first-order chi connectivity index (χ1) is 10.8. The number of hydrogen-bond acceptors (Lipinski definition) is 2. The van der Waals surface area contributed by atoms with Crippen LogP contribution in [0.15, 0.2) is 0 Å². The summed E-state index contributed by atoms with van der Waals surface area (Å²) in [5.74, 6) is 0. The largest absolute Gasteiger partial charge is 0.353 e. The second-order valence-electron chi connectivity index (χ2n) is 6.50. The normalized spacial score (nSPS) is 11.5. The first-order valence-electron chi connectivity index (χ1n) is 10.1. The average molecular weight is 315 g/mol. The molecule has 0 radical (unpaired) electrons. The highest BCUT2D eigenvalue weighted by atomic mass is 16.7. The van der Waals surface area contributed by atoms with Crippen LogP contribution in [0, 0.1) is 0 Å². The van der Waals surface area contributed by atoms with Crippen LogP contribution >= 0.6 is 0 Å². The summed E-state index contributed by atoms with van der Waals surface area (Å²) in [7, 11) is 0. The minimum atomic E-state index is 0.0382. The second kappa shape index (κ2) is 19.0. The van der Waals surface area contributed by atoms with Gasteiger partial charge in [-0.25, -0.2) is 0 Å². The maximum Gasteiger partial charge on any atom is 0.157 e. The third-order valence-corrected chi connectivity index (χ3v) is 4.13. The third-order valence-electron chi connectivity index (χ3n) is 4.13. The van der Waals surface area contributed by atoms with Crippen molar-refractivity contribution in [1.82, 2.24) is 0 Å². The highest BCUT2D eigenvalue weighted by Gasteiger charge is 2.07. The van der Waals surface area contributed by atoms with Crippen LogP contribution in [0.5, 0.6) is 0 Å². The molecule has 0 spiro atoms. The molecular formula is C20H42O2. The zero-order valence-electron chi connectivity index (χ0n) is 15.7. The summed E-state index contributed by atoms with van der Waals surface area (Å²) < 4.78 is 11.8. The molecule has 134 valence electrons. The van der Waals surface area contributed by atoms with E-state index in [2.05, 4.69) is 20.8 Å². The summed E-state index contributed by atoms with van der Waals surface area (Å²) in [4.78, 5) is 0. The van der Waals surface area contributed by atoms with Crippen LogP contribution in [0.3, 0.4) is 0 Å². The summed E-state index contributed by atoms with van der Waals surface area (Å²) in [5.41, 5.74) is 0. The molecule has 2 nitrogen and oxygen atoms in total. The molecule has 0 aliphatic heterocycles. The van der Waals surface area contributed by atoms with Gasteiger partial charge in [-0.05, 0) is 19.3 Å². The molecule has 0 saturated heterocycles. The van der Waals surface area contributed by atoms with Crippen molar-refractivity contribution < 1.29 is 9.47 Å². The van der Waals surface area contributed by atoms with Gasteiger partial charge in [0, 0.05) is 13.2 Å². The fourth-order valence-electron chi connectivity index (χ4n) is 2.64. The highest BCUT2D eigenvalue weighted by Crippen LogP contribution is 2.10. The standard InChI is InChI=1S/C20H42O2/c1-4-7-9-11-13-15-18-21-20(17-6-3)22-19-16-14-12-10-8-5-2/h20H,4-19H2,1-3H3. The fraction of sp³-hybridized carbons (Fsp3) is 1.00. The average Bonchev–Trinajstić information content (AvgIpc) is 2.53. The Bertz CT molecular complexity index is 176. The van der Waals surface area contributed by atoms with Gasteiger partial charge in [0.1, 0.15) is 0 Å². The molecule has 0 aromatic rings. The van der Waals surface area contributed by atoms with E-state index in [-0.39, 0.29) is 6.29 Å². The van der Waals surface area contributed by atoms with Crippen LogP contribution in [-0.2, 0) is 9.47 Å². The Balaban J connectivity index is 3.44. The zero-order chi connectivity index (χ0) is 16.3. The van der Waals surface area contributed by atoms with Gasteiger partial charge in [0.2, 0.25) is 0 Å². The van der Waals surface area contributed by atoms with Gasteiger partial charge in [0.05, 0.1) is 0 Å². The van der Waals surface area contributed by atoms with E-state index in [1.807, 2.05) is 0 Å². The van der Waals surface area contributed by atoms with Crippen molar-refractivity contribution in [3.05, 3.63) is 0 Å². The topological polar surface area (TPSA) is 18.5 Å². The molecule has 0 N–H and O–H groups in total. The Morgan fingerprint density at radius 3 is 1.32 bits per heavy atom. The molecule has 2 heteroatoms. The molecule has 0 aliphatic carbocycles. The third kappa shape index (κ3) is 16.3. The summed E-state index contributed by atoms with van der Waals surface area (Å²) in [6, 6.07) is 0. The smallest absolute Gasteiger partial charge is 0.157 e. The van der Waals surface area contributed by atoms with Crippen molar-refractivity contribution in [2.24, 2.45) is 0 Å². The number of rotatable bonds is 18. The van der Waals surface area contributed by atoms with E-state index < -0.39 is 0 Å². The molecule has 0 unspecified atom stereocenters. The van der Waals surface area contributed by atoms with Crippen LogP contribution in [0.4, 0.5) is 0 Å². The van der Waals surface area contributed by atoms with Crippen LogP contribution in [0.25, 0.3) is 0 Å². The van der Waals surface area contributed by atoms with Crippen LogP contribution in [-0.4, -0.2) is 19.5 Å². The number of ether oxygens (including phenoxy) is 2. The van der Waals surface area contributed by atoms with Crippen molar-refractivity contribution in [1.29, 1.82) is 0 Å². The molecule has 0 fully saturated rings. The molecule has 0 aromatic carbocycles. The highest BCUT2D eigenvalue weighted by molar-refractivity contribution is 4.49. The molecule has 0 aliphatic rings. The second-order valence-corrected chi connectivity index (χ2v) is 6.50. The van der Waals surface area contributed by atoms with Gasteiger partial charge in [0.15, 0.2) is 6.29 Å². The van der Waals surface area contributed by atoms with Gasteiger partial charge < -0.3 is 9.47 Å². The molecule has 0 aromatic heterocycles. The van der Waals surface area contributed by atoms with Crippen molar-refractivity contribution in [2.75, 3.05) is 13.2 Å². The van der Waals surface area contributed by atoms with E-state index in [0.717, 1.165) is 26.1 Å². The summed E-state index contributed by atoms with van der Waals surface area (Å²) in [5, 5.41) is 0. The first kappa shape index (κ1) is 21.9. The van der Waals surface area contributed by atoms with Gasteiger partial charge in [-0.15, -0.1) is 0 Å². The van der Waals surface area contributed by atoms with Gasteiger partial charge in [-0.1, -0.05) is 91.4 Å². The van der Waals surface area contributed by atoms with E-state index >= 15 is 0 Å². The number of hydrogen-bond donors (Lipinski definition) is 0. The van der Waals surface area contributed by atoms with Gasteiger partial charge in [-0.2, -0.15) is 0 Å². The molecule has 0 bridgehead atoms. The van der Waals surface area contributed by atoms with E-state index in [1.165, 1.54) is 77.0 Å². The maximum absolute atomic E-state index is 5.91. The zero-order valence-corrected chi connectivity index (χ0v) is 15.7. The van der Waals surface area contributed by atoms with Crippen LogP contribution in [0.2, 0.25) is 0 Å². The van der Waals surface area contributed by atoms with E-state index in [9.17, 15) is 0 Å². The van der Waals surface area contributed by atoms with E-state index in [0.29, 0.717) is 0 Å². The lowest BCUT2D eigenvalue weighted by Crippen LogP contribution is -2.18.